The summed E-state index contributed by atoms with van der Waals surface area (Å²) in [5, 5.41) is 13.3. The van der Waals surface area contributed by atoms with Crippen LogP contribution in [0.5, 0.6) is 11.5 Å². The van der Waals surface area contributed by atoms with Gasteiger partial charge in [-0.3, -0.25) is 4.79 Å². The molecule has 0 aliphatic heterocycles. The maximum absolute atomic E-state index is 13.8. The number of carbonyl (C=O) groups is 3. The summed E-state index contributed by atoms with van der Waals surface area (Å²) in [6.45, 7) is 5.35. The fourth-order valence-electron chi connectivity index (χ4n) is 4.03. The quantitative estimate of drug-likeness (QED) is 0.223. The minimum Gasteiger partial charge on any atom is -0.497 e. The summed E-state index contributed by atoms with van der Waals surface area (Å²) >= 11 is 6.50. The number of carboxylic acids is 1. The van der Waals surface area contributed by atoms with Crippen LogP contribution in [0.15, 0.2) is 66.7 Å². The minimum atomic E-state index is -1.62. The van der Waals surface area contributed by atoms with Gasteiger partial charge < -0.3 is 29.5 Å². The van der Waals surface area contributed by atoms with E-state index in [1.54, 1.807) is 81.4 Å². The Morgan fingerprint density at radius 3 is 2.33 bits per heavy atom. The Morgan fingerprint density at radius 1 is 0.975 bits per heavy atom. The molecule has 3 rings (SSSR count). The Hall–Kier alpha value is -4.24. The average molecular weight is 569 g/mol. The molecule has 212 valence electrons. The van der Waals surface area contributed by atoms with E-state index in [9.17, 15) is 19.5 Å². The van der Waals surface area contributed by atoms with Gasteiger partial charge in [0.15, 0.2) is 11.8 Å². The van der Waals surface area contributed by atoms with Crippen LogP contribution < -0.4 is 19.7 Å². The molecule has 0 radical (unpaired) electrons. The van der Waals surface area contributed by atoms with Crippen molar-refractivity contribution in [3.63, 3.8) is 0 Å². The number of Topliss-reactive ketones (excluding diaryl/α,β-unsaturated/α-hetero) is 1. The summed E-state index contributed by atoms with van der Waals surface area (Å²) in [6, 6.07) is 16.7. The number of ketones is 1. The average Bonchev–Trinajstić information content (AvgIpc) is 2.91. The number of ether oxygens (including phenoxy) is 3. The van der Waals surface area contributed by atoms with Crippen molar-refractivity contribution in [1.29, 1.82) is 0 Å². The van der Waals surface area contributed by atoms with Crippen LogP contribution in [0.4, 0.5) is 10.5 Å². The van der Waals surface area contributed by atoms with Gasteiger partial charge >= 0.3 is 12.1 Å². The fraction of sp³-hybridized carbons (Fsp3) is 0.300. The number of nitrogens with zero attached hydrogens (tertiary/aromatic N) is 1. The molecular formula is C30H33ClN2O7. The second-order valence-corrected chi connectivity index (χ2v) is 10.3. The molecule has 10 heteroatoms. The number of benzene rings is 3. The number of amides is 1. The maximum atomic E-state index is 13.8. The smallest absolute Gasteiger partial charge is 0.407 e. The van der Waals surface area contributed by atoms with E-state index in [0.717, 1.165) is 0 Å². The van der Waals surface area contributed by atoms with E-state index in [2.05, 4.69) is 5.32 Å². The Balaban J connectivity index is 1.98. The van der Waals surface area contributed by atoms with Gasteiger partial charge in [-0.2, -0.15) is 0 Å². The number of para-hydroxylation sites is 1. The molecule has 3 aromatic carbocycles. The zero-order chi connectivity index (χ0) is 29.4. The fourth-order valence-corrected chi connectivity index (χ4v) is 4.28. The predicted molar refractivity (Wildman–Crippen MR) is 152 cm³/mol. The Kier molecular flexibility index (Phi) is 10.0. The highest BCUT2D eigenvalue weighted by atomic mass is 35.5. The first kappa shape index (κ1) is 30.3. The number of nitrogens with one attached hydrogen (secondary N) is 1. The molecule has 0 spiro atoms. The second-order valence-electron chi connectivity index (χ2n) is 9.92. The number of rotatable bonds is 11. The van der Waals surface area contributed by atoms with Gasteiger partial charge in [-0.1, -0.05) is 41.9 Å². The van der Waals surface area contributed by atoms with Gasteiger partial charge in [-0.25, -0.2) is 9.59 Å². The summed E-state index contributed by atoms with van der Waals surface area (Å²) in [7, 11) is 3.02. The van der Waals surface area contributed by atoms with Crippen LogP contribution in [0.25, 0.3) is 0 Å². The third kappa shape index (κ3) is 7.89. The van der Waals surface area contributed by atoms with Crippen LogP contribution in [-0.4, -0.2) is 48.8 Å². The van der Waals surface area contributed by atoms with E-state index in [-0.39, 0.29) is 23.7 Å². The van der Waals surface area contributed by atoms with E-state index in [0.29, 0.717) is 28.3 Å². The van der Waals surface area contributed by atoms with Gasteiger partial charge in [0.25, 0.3) is 0 Å². The molecule has 0 unspecified atom stereocenters. The Labute approximate surface area is 238 Å². The van der Waals surface area contributed by atoms with Crippen LogP contribution >= 0.6 is 11.6 Å². The zero-order valence-corrected chi connectivity index (χ0v) is 23.8. The molecule has 0 heterocycles. The molecule has 0 saturated heterocycles. The van der Waals surface area contributed by atoms with Crippen molar-refractivity contribution in [3.05, 3.63) is 88.4 Å². The summed E-state index contributed by atoms with van der Waals surface area (Å²) in [6.07, 6.45) is -0.606. The molecule has 40 heavy (non-hydrogen) atoms. The van der Waals surface area contributed by atoms with E-state index in [1.165, 1.54) is 25.2 Å². The number of alkyl carbamates (subject to hydrolysis) is 1. The molecular weight excluding hydrogens is 536 g/mol. The molecule has 2 N–H and O–H groups in total. The van der Waals surface area contributed by atoms with Crippen molar-refractivity contribution >= 4 is 35.1 Å². The number of carbonyl (C=O) groups excluding carboxylic acids is 2. The summed E-state index contributed by atoms with van der Waals surface area (Å²) in [4.78, 5) is 40.0. The van der Waals surface area contributed by atoms with Crippen molar-refractivity contribution in [1.82, 2.24) is 5.32 Å². The summed E-state index contributed by atoms with van der Waals surface area (Å²) in [5.74, 6) is -0.982. The molecule has 0 saturated carbocycles. The lowest BCUT2D eigenvalue weighted by Crippen LogP contribution is -2.47. The SMILES string of the molecule is COc1ccc(CN(c2ccccc2Cl)[C@H](C(=O)O)C(=O)c2cccc(CNC(=O)OC(C)(C)C)c2)c(OC)c1. The highest BCUT2D eigenvalue weighted by molar-refractivity contribution is 6.33. The number of hydrogen-bond donors (Lipinski definition) is 2. The van der Waals surface area contributed by atoms with Crippen LogP contribution in [-0.2, 0) is 22.6 Å². The third-order valence-corrected chi connectivity index (χ3v) is 6.16. The minimum absolute atomic E-state index is 0.000498. The van der Waals surface area contributed by atoms with Gasteiger partial charge in [0.2, 0.25) is 0 Å². The molecule has 1 amide bonds. The van der Waals surface area contributed by atoms with E-state index >= 15 is 0 Å². The first-order valence-electron chi connectivity index (χ1n) is 12.5. The van der Waals surface area contributed by atoms with Gasteiger partial charge in [0.05, 0.1) is 24.9 Å². The number of anilines is 1. The standard InChI is InChI=1S/C30H33ClN2O7/c1-30(2,3)40-29(37)32-17-19-9-8-10-20(15-19)27(34)26(28(35)36)33(24-12-7-6-11-23(24)31)18-21-13-14-22(38-4)16-25(21)39-5/h6-16,26H,17-18H2,1-5H3,(H,32,37)(H,35,36)/t26-/m0/s1. The van der Waals surface area contributed by atoms with Crippen molar-refractivity contribution in [2.45, 2.75) is 45.5 Å². The van der Waals surface area contributed by atoms with Crippen LogP contribution in [0.2, 0.25) is 5.02 Å². The number of halogens is 1. The molecule has 0 aliphatic carbocycles. The number of hydrogen-bond acceptors (Lipinski definition) is 7. The van der Waals surface area contributed by atoms with Gasteiger partial charge in [-0.15, -0.1) is 0 Å². The van der Waals surface area contributed by atoms with Crippen molar-refractivity contribution in [2.75, 3.05) is 19.1 Å². The summed E-state index contributed by atoms with van der Waals surface area (Å²) in [5.41, 5.74) is 1.09. The lowest BCUT2D eigenvalue weighted by molar-refractivity contribution is -0.137. The lowest BCUT2D eigenvalue weighted by Gasteiger charge is -2.31. The third-order valence-electron chi connectivity index (χ3n) is 5.84. The van der Waals surface area contributed by atoms with Crippen LogP contribution in [0.3, 0.4) is 0 Å². The highest BCUT2D eigenvalue weighted by Crippen LogP contribution is 2.33. The molecule has 9 nitrogen and oxygen atoms in total. The number of aliphatic carboxylic acids is 1. The molecule has 0 bridgehead atoms. The first-order chi connectivity index (χ1) is 18.9. The van der Waals surface area contributed by atoms with Crippen LogP contribution in [0, 0.1) is 0 Å². The van der Waals surface area contributed by atoms with E-state index in [1.807, 2.05) is 0 Å². The van der Waals surface area contributed by atoms with Gasteiger partial charge in [0.1, 0.15) is 17.1 Å². The monoisotopic (exact) mass is 568 g/mol. The lowest BCUT2D eigenvalue weighted by atomic mass is 9.99. The largest absolute Gasteiger partial charge is 0.497 e. The number of methoxy groups -OCH3 is 2. The Morgan fingerprint density at radius 2 is 1.70 bits per heavy atom. The topological polar surface area (TPSA) is 114 Å². The van der Waals surface area contributed by atoms with E-state index < -0.39 is 29.5 Å². The Bertz CT molecular complexity index is 1370. The molecule has 1 atom stereocenters. The second kappa shape index (κ2) is 13.2. The first-order valence-corrected chi connectivity index (χ1v) is 12.9. The van der Waals surface area contributed by atoms with E-state index in [4.69, 9.17) is 25.8 Å². The molecule has 0 aliphatic rings. The normalized spacial score (nSPS) is 11.8. The molecule has 3 aromatic rings. The summed E-state index contributed by atoms with van der Waals surface area (Å²) < 4.78 is 16.0. The number of carboxylic acid groups (broad SMARTS) is 1. The maximum Gasteiger partial charge on any atom is 0.407 e. The van der Waals surface area contributed by atoms with Crippen molar-refractivity contribution in [3.8, 4) is 11.5 Å². The van der Waals surface area contributed by atoms with Crippen LogP contribution in [0.1, 0.15) is 42.3 Å². The molecule has 0 aromatic heterocycles. The molecule has 0 fully saturated rings. The van der Waals surface area contributed by atoms with Gasteiger partial charge in [-0.05, 0) is 56.7 Å². The van der Waals surface area contributed by atoms with Gasteiger partial charge in [0, 0.05) is 30.3 Å². The highest BCUT2D eigenvalue weighted by Gasteiger charge is 2.35. The zero-order valence-electron chi connectivity index (χ0n) is 23.1. The van der Waals surface area contributed by atoms with Crippen molar-refractivity contribution in [2.24, 2.45) is 0 Å². The predicted octanol–water partition coefficient (Wildman–Crippen LogP) is 5.72. The van der Waals surface area contributed by atoms with Crippen molar-refractivity contribution < 1.29 is 33.7 Å².